The van der Waals surface area contributed by atoms with Crippen LogP contribution in [0.1, 0.15) is 14.3 Å². The maximum Gasteiger partial charge on any atom is 1.00 e. The maximum absolute atomic E-state index is 10.5. The number of hydrogen-bond donors (Lipinski definition) is 2. The summed E-state index contributed by atoms with van der Waals surface area (Å²) in [6, 6.07) is -0.978. The van der Waals surface area contributed by atoms with Crippen molar-refractivity contribution >= 4 is 11.9 Å². The first-order valence-electron chi connectivity index (χ1n) is 3.13. The Morgan fingerprint density at radius 1 is 1.67 bits per heavy atom. The van der Waals surface area contributed by atoms with E-state index in [0.29, 0.717) is 0 Å². The molecule has 1 atom stereocenters. The standard InChI is InChI=1S/C6H11NO4.ClH/c1-11-5(8)3-2-4(7)6(9)10;/h4H,2-3,7H2,1H3,(H,9,10);1H. The second-order valence-electron chi connectivity index (χ2n) is 2.06. The predicted molar refractivity (Wildman–Crippen MR) is 38.0 cm³/mol. The molecule has 0 fully saturated rings. The molecule has 6 heteroatoms. The van der Waals surface area contributed by atoms with Crippen LogP contribution in [0.15, 0.2) is 0 Å². The Kier molecular flexibility index (Phi) is 7.88. The van der Waals surface area contributed by atoms with E-state index >= 15 is 0 Å². The monoisotopic (exact) mass is 197 g/mol. The van der Waals surface area contributed by atoms with Gasteiger partial charge in [-0.05, 0) is 6.42 Å². The van der Waals surface area contributed by atoms with Crippen molar-refractivity contribution in [3.8, 4) is 0 Å². The topological polar surface area (TPSA) is 89.6 Å². The second kappa shape index (κ2) is 6.87. The van der Waals surface area contributed by atoms with Gasteiger partial charge in [-0.2, -0.15) is 0 Å². The van der Waals surface area contributed by atoms with Gasteiger partial charge in [0.15, 0.2) is 0 Å². The molecule has 0 aromatic rings. The summed E-state index contributed by atoms with van der Waals surface area (Å²) < 4.78 is 4.29. The summed E-state index contributed by atoms with van der Waals surface area (Å²) in [7, 11) is 1.24. The molecule has 0 spiro atoms. The first-order valence-corrected chi connectivity index (χ1v) is 3.13. The van der Waals surface area contributed by atoms with E-state index < -0.39 is 18.0 Å². The van der Waals surface area contributed by atoms with Crippen LogP contribution in [-0.4, -0.2) is 30.2 Å². The van der Waals surface area contributed by atoms with Crippen molar-refractivity contribution in [2.75, 3.05) is 7.11 Å². The number of nitrogens with two attached hydrogens (primary N) is 1. The van der Waals surface area contributed by atoms with E-state index in [9.17, 15) is 9.59 Å². The molecule has 72 valence electrons. The lowest BCUT2D eigenvalue weighted by Crippen LogP contribution is -3.00. The van der Waals surface area contributed by atoms with Gasteiger partial charge in [-0.3, -0.25) is 9.59 Å². The number of rotatable bonds is 4. The van der Waals surface area contributed by atoms with Gasteiger partial charge in [0, 0.05) is 6.42 Å². The molecule has 0 heterocycles. The van der Waals surface area contributed by atoms with Gasteiger partial charge >= 0.3 is 13.4 Å². The average molecular weight is 198 g/mol. The molecule has 0 aromatic heterocycles. The summed E-state index contributed by atoms with van der Waals surface area (Å²) in [5.41, 5.74) is 5.11. The molecular weight excluding hydrogens is 186 g/mol. The van der Waals surface area contributed by atoms with E-state index in [2.05, 4.69) is 4.74 Å². The number of esters is 1. The molecule has 0 aliphatic heterocycles. The highest BCUT2D eigenvalue weighted by molar-refractivity contribution is 5.75. The normalized spacial score (nSPS) is 11.2. The Morgan fingerprint density at radius 3 is 2.50 bits per heavy atom. The minimum absolute atomic E-state index is 0. The lowest BCUT2D eigenvalue weighted by atomic mass is 10.2. The Hall–Kier alpha value is -0.810. The number of carboxylic acids is 1. The first-order chi connectivity index (χ1) is 5.07. The number of methoxy groups -OCH3 is 1. The number of carboxylic acid groups (broad SMARTS) is 1. The highest BCUT2D eigenvalue weighted by atomic mass is 35.5. The van der Waals surface area contributed by atoms with Crippen molar-refractivity contribution in [1.82, 2.24) is 0 Å². The predicted octanol–water partition coefficient (Wildman–Crippen LogP) is -3.53. The van der Waals surface area contributed by atoms with Crippen LogP contribution in [0.5, 0.6) is 0 Å². The summed E-state index contributed by atoms with van der Waals surface area (Å²) in [6.07, 6.45) is 0.159. The van der Waals surface area contributed by atoms with Crippen molar-refractivity contribution in [2.24, 2.45) is 5.73 Å². The summed E-state index contributed by atoms with van der Waals surface area (Å²) in [6.45, 7) is 0. The van der Waals surface area contributed by atoms with Gasteiger partial charge in [0.05, 0.1) is 7.11 Å². The zero-order chi connectivity index (χ0) is 8.85. The number of hydrogen-bond acceptors (Lipinski definition) is 4. The summed E-state index contributed by atoms with van der Waals surface area (Å²) in [5.74, 6) is -1.55. The Balaban J connectivity index is -0.000000500. The van der Waals surface area contributed by atoms with Gasteiger partial charge in [0.25, 0.3) is 0 Å². The molecule has 0 bridgehead atoms. The van der Waals surface area contributed by atoms with Gasteiger partial charge in [0.1, 0.15) is 6.04 Å². The average Bonchev–Trinajstić information content (AvgIpc) is 1.99. The maximum atomic E-state index is 10.5. The zero-order valence-corrected chi connectivity index (χ0v) is 7.37. The summed E-state index contributed by atoms with van der Waals surface area (Å²) >= 11 is 0. The molecule has 0 aliphatic rings. The molecular formula is C6H12ClNO4. The van der Waals surface area contributed by atoms with Crippen LogP contribution in [0, 0.1) is 0 Å². The number of carbonyl (C=O) groups is 2. The lowest BCUT2D eigenvalue weighted by molar-refractivity contribution is -0.141. The van der Waals surface area contributed by atoms with Crippen LogP contribution >= 0.6 is 0 Å². The highest BCUT2D eigenvalue weighted by Crippen LogP contribution is 1.95. The summed E-state index contributed by atoms with van der Waals surface area (Å²) in [5, 5.41) is 8.29. The molecule has 0 radical (unpaired) electrons. The first kappa shape index (κ1) is 13.8. The van der Waals surface area contributed by atoms with E-state index in [1.807, 2.05) is 0 Å². The lowest BCUT2D eigenvalue weighted by Gasteiger charge is -2.03. The van der Waals surface area contributed by atoms with Crippen molar-refractivity contribution < 1.29 is 33.3 Å². The fourth-order valence-corrected chi connectivity index (χ4v) is 0.499. The molecule has 3 N–H and O–H groups in total. The Bertz CT molecular complexity index is 167. The van der Waals surface area contributed by atoms with E-state index in [-0.39, 0.29) is 26.7 Å². The van der Waals surface area contributed by atoms with Crippen LogP contribution in [0.25, 0.3) is 0 Å². The smallest absolute Gasteiger partial charge is 1.00 e. The zero-order valence-electron chi connectivity index (χ0n) is 7.62. The largest absolute Gasteiger partial charge is 1.00 e. The van der Waals surface area contributed by atoms with Gasteiger partial charge in [-0.25, -0.2) is 0 Å². The van der Waals surface area contributed by atoms with Crippen LogP contribution in [-0.2, 0) is 14.3 Å². The van der Waals surface area contributed by atoms with E-state index in [4.69, 9.17) is 10.8 Å². The molecule has 0 saturated carbocycles. The molecule has 0 aromatic carbocycles. The third-order valence-corrected chi connectivity index (χ3v) is 1.20. The van der Waals surface area contributed by atoms with Gasteiger partial charge in [-0.15, -0.1) is 0 Å². The number of carbonyl (C=O) groups excluding carboxylic acids is 1. The number of halogens is 1. The van der Waals surface area contributed by atoms with E-state index in [0.717, 1.165) is 0 Å². The molecule has 0 rings (SSSR count). The summed E-state index contributed by atoms with van der Waals surface area (Å²) in [4.78, 5) is 20.6. The SMILES string of the molecule is COC(=O)CCC(N)C(=O)O.[Cl-].[H+]. The van der Waals surface area contributed by atoms with Gasteiger partial charge in [-0.1, -0.05) is 0 Å². The minimum Gasteiger partial charge on any atom is -1.00 e. The third kappa shape index (κ3) is 5.94. The minimum atomic E-state index is -1.10. The van der Waals surface area contributed by atoms with Gasteiger partial charge < -0.3 is 28.0 Å². The highest BCUT2D eigenvalue weighted by Gasteiger charge is 2.12. The Labute approximate surface area is 77.8 Å². The van der Waals surface area contributed by atoms with Crippen molar-refractivity contribution in [3.05, 3.63) is 0 Å². The molecule has 0 amide bonds. The fraction of sp³-hybridized carbons (Fsp3) is 0.667. The molecule has 12 heavy (non-hydrogen) atoms. The molecule has 0 saturated heterocycles. The van der Waals surface area contributed by atoms with Crippen molar-refractivity contribution in [2.45, 2.75) is 18.9 Å². The fourth-order valence-electron chi connectivity index (χ4n) is 0.499. The molecule has 5 nitrogen and oxygen atoms in total. The van der Waals surface area contributed by atoms with E-state index in [1.54, 1.807) is 0 Å². The van der Waals surface area contributed by atoms with Crippen LogP contribution in [0.2, 0.25) is 0 Å². The number of aliphatic carboxylic acids is 1. The molecule has 0 aliphatic carbocycles. The van der Waals surface area contributed by atoms with E-state index in [1.165, 1.54) is 7.11 Å². The van der Waals surface area contributed by atoms with Crippen LogP contribution in [0.3, 0.4) is 0 Å². The van der Waals surface area contributed by atoms with Crippen molar-refractivity contribution in [1.29, 1.82) is 0 Å². The Morgan fingerprint density at radius 2 is 2.17 bits per heavy atom. The second-order valence-corrected chi connectivity index (χ2v) is 2.06. The van der Waals surface area contributed by atoms with Gasteiger partial charge in [0.2, 0.25) is 0 Å². The molecule has 1 unspecified atom stereocenters. The van der Waals surface area contributed by atoms with Crippen LogP contribution < -0.4 is 18.1 Å². The third-order valence-electron chi connectivity index (χ3n) is 1.20. The van der Waals surface area contributed by atoms with Crippen molar-refractivity contribution in [3.63, 3.8) is 0 Å². The number of ether oxygens (including phenoxy) is 1. The van der Waals surface area contributed by atoms with Crippen LogP contribution in [0.4, 0.5) is 0 Å². The quantitative estimate of drug-likeness (QED) is 0.456.